The van der Waals surface area contributed by atoms with Crippen LogP contribution in [0.2, 0.25) is 0 Å². The van der Waals surface area contributed by atoms with Gasteiger partial charge in [0.25, 0.3) is 0 Å². The summed E-state index contributed by atoms with van der Waals surface area (Å²) in [5, 5.41) is 0. The van der Waals surface area contributed by atoms with Gasteiger partial charge < -0.3 is 14.2 Å². The summed E-state index contributed by atoms with van der Waals surface area (Å²) < 4.78 is 17.9. The first kappa shape index (κ1) is 17.2. The van der Waals surface area contributed by atoms with Gasteiger partial charge in [-0.25, -0.2) is 4.99 Å². The Labute approximate surface area is 164 Å². The molecule has 0 amide bonds. The molecule has 26 heavy (non-hydrogen) atoms. The monoisotopic (exact) mass is 430 g/mol. The number of aliphatic imine (C=N–C) groups is 2. The lowest BCUT2D eigenvalue weighted by Gasteiger charge is -2.28. The Morgan fingerprint density at radius 2 is 2.00 bits per heavy atom. The molecule has 0 aromatic heterocycles. The highest BCUT2D eigenvalue weighted by Gasteiger charge is 2.34. The average molecular weight is 431 g/mol. The predicted molar refractivity (Wildman–Crippen MR) is 108 cm³/mol. The number of benzene rings is 2. The van der Waals surface area contributed by atoms with E-state index in [1.54, 1.807) is 14.2 Å². The number of ether oxygens (including phenoxy) is 3. The summed E-state index contributed by atoms with van der Waals surface area (Å²) in [5.41, 5.74) is 1.80. The third kappa shape index (κ3) is 2.91. The van der Waals surface area contributed by atoms with Gasteiger partial charge in [0.2, 0.25) is 5.90 Å². The lowest BCUT2D eigenvalue weighted by molar-refractivity contribution is 0.354. The van der Waals surface area contributed by atoms with Crippen LogP contribution in [-0.2, 0) is 6.42 Å². The SMILES string of the molecule is COc1cccc(C2=NC(=S)C3Cc4cc(Br)ccc4OC3=N2)c1OC. The molecule has 2 heterocycles. The number of hydrogen-bond acceptors (Lipinski definition) is 5. The molecule has 2 aliphatic rings. The van der Waals surface area contributed by atoms with Gasteiger partial charge in [-0.15, -0.1) is 0 Å². The minimum Gasteiger partial charge on any atom is -0.493 e. The first-order valence-corrected chi connectivity index (χ1v) is 9.19. The Hall–Kier alpha value is -2.25. The van der Waals surface area contributed by atoms with Crippen molar-refractivity contribution in [3.63, 3.8) is 0 Å². The number of nitrogens with zero attached hydrogens (tertiary/aromatic N) is 2. The fourth-order valence-electron chi connectivity index (χ4n) is 3.09. The van der Waals surface area contributed by atoms with Crippen molar-refractivity contribution in [1.82, 2.24) is 0 Å². The molecule has 0 fully saturated rings. The molecule has 7 heteroatoms. The normalized spacial score (nSPS) is 18.1. The van der Waals surface area contributed by atoms with Crippen molar-refractivity contribution in [3.05, 3.63) is 52.0 Å². The first-order chi connectivity index (χ1) is 12.6. The van der Waals surface area contributed by atoms with Gasteiger partial charge in [0.05, 0.1) is 25.7 Å². The standard InChI is InChI=1S/C19H15BrN2O3S/c1-23-15-5-3-4-12(16(15)24-2)17-21-18-13(19(26)22-17)9-10-8-11(20)6-7-14(10)25-18/h3-8,13H,9H2,1-2H3. The fraction of sp³-hybridized carbons (Fsp3) is 0.211. The topological polar surface area (TPSA) is 52.4 Å². The maximum absolute atomic E-state index is 6.03. The van der Waals surface area contributed by atoms with Gasteiger partial charge in [0.1, 0.15) is 10.7 Å². The average Bonchev–Trinajstić information content (AvgIpc) is 2.66. The number of halogens is 1. The minimum absolute atomic E-state index is 0.132. The molecular weight excluding hydrogens is 416 g/mol. The van der Waals surface area contributed by atoms with E-state index in [2.05, 4.69) is 25.9 Å². The molecule has 1 atom stereocenters. The van der Waals surface area contributed by atoms with E-state index in [-0.39, 0.29) is 5.92 Å². The van der Waals surface area contributed by atoms with Gasteiger partial charge in [0.15, 0.2) is 17.3 Å². The zero-order valence-electron chi connectivity index (χ0n) is 14.2. The summed E-state index contributed by atoms with van der Waals surface area (Å²) in [6.45, 7) is 0. The molecule has 2 aromatic rings. The Bertz CT molecular complexity index is 971. The number of hydrogen-bond donors (Lipinski definition) is 0. The summed E-state index contributed by atoms with van der Waals surface area (Å²) in [6, 6.07) is 11.5. The van der Waals surface area contributed by atoms with Crippen molar-refractivity contribution in [3.8, 4) is 17.2 Å². The van der Waals surface area contributed by atoms with Gasteiger partial charge >= 0.3 is 0 Å². The summed E-state index contributed by atoms with van der Waals surface area (Å²) in [4.78, 5) is 9.75. The van der Waals surface area contributed by atoms with Crippen LogP contribution < -0.4 is 14.2 Å². The van der Waals surface area contributed by atoms with Gasteiger partial charge in [-0.3, -0.25) is 0 Å². The van der Waals surface area contributed by atoms with Crippen LogP contribution in [0.1, 0.15) is 11.1 Å². The maximum Gasteiger partial charge on any atom is 0.207 e. The van der Waals surface area contributed by atoms with Crippen LogP contribution in [0.25, 0.3) is 0 Å². The molecule has 0 bridgehead atoms. The molecule has 132 valence electrons. The molecule has 2 aliphatic heterocycles. The van der Waals surface area contributed by atoms with E-state index in [0.717, 1.165) is 22.2 Å². The van der Waals surface area contributed by atoms with E-state index in [1.807, 2.05) is 36.4 Å². The second-order valence-corrected chi connectivity index (χ2v) is 7.21. The maximum atomic E-state index is 6.03. The lowest BCUT2D eigenvalue weighted by atomic mass is 9.94. The summed E-state index contributed by atoms with van der Waals surface area (Å²) >= 11 is 9.04. The highest BCUT2D eigenvalue weighted by atomic mass is 79.9. The molecule has 0 N–H and O–H groups in total. The molecule has 4 rings (SSSR count). The lowest BCUT2D eigenvalue weighted by Crippen LogP contribution is -2.36. The third-order valence-electron chi connectivity index (χ3n) is 4.33. The molecule has 0 spiro atoms. The number of methoxy groups -OCH3 is 2. The fourth-order valence-corrected chi connectivity index (χ4v) is 3.77. The van der Waals surface area contributed by atoms with Crippen LogP contribution in [0, 0.1) is 5.92 Å². The third-order valence-corrected chi connectivity index (χ3v) is 5.20. The van der Waals surface area contributed by atoms with Crippen LogP contribution in [0.5, 0.6) is 17.2 Å². The Balaban J connectivity index is 1.76. The summed E-state index contributed by atoms with van der Waals surface area (Å²) in [5.74, 6) is 2.88. The number of amidine groups is 1. The summed E-state index contributed by atoms with van der Waals surface area (Å²) in [7, 11) is 3.18. The van der Waals surface area contributed by atoms with Crippen LogP contribution in [0.3, 0.4) is 0 Å². The Morgan fingerprint density at radius 1 is 1.15 bits per heavy atom. The van der Waals surface area contributed by atoms with E-state index >= 15 is 0 Å². The second-order valence-electron chi connectivity index (χ2n) is 5.88. The highest BCUT2D eigenvalue weighted by Crippen LogP contribution is 2.36. The van der Waals surface area contributed by atoms with Crippen molar-refractivity contribution >= 4 is 44.9 Å². The van der Waals surface area contributed by atoms with Gasteiger partial charge in [0, 0.05) is 4.47 Å². The van der Waals surface area contributed by atoms with E-state index in [0.29, 0.717) is 33.8 Å². The van der Waals surface area contributed by atoms with Gasteiger partial charge in [-0.05, 0) is 42.3 Å². The van der Waals surface area contributed by atoms with E-state index < -0.39 is 0 Å². The second kappa shape index (κ2) is 6.81. The predicted octanol–water partition coefficient (Wildman–Crippen LogP) is 4.20. The van der Waals surface area contributed by atoms with E-state index in [9.17, 15) is 0 Å². The minimum atomic E-state index is -0.132. The summed E-state index contributed by atoms with van der Waals surface area (Å²) in [6.07, 6.45) is 0.721. The molecule has 2 aromatic carbocycles. The Morgan fingerprint density at radius 3 is 2.77 bits per heavy atom. The Kier molecular flexibility index (Phi) is 4.50. The first-order valence-electron chi connectivity index (χ1n) is 7.99. The van der Waals surface area contributed by atoms with Crippen molar-refractivity contribution in [2.45, 2.75) is 6.42 Å². The van der Waals surface area contributed by atoms with Crippen molar-refractivity contribution < 1.29 is 14.2 Å². The van der Waals surface area contributed by atoms with Crippen LogP contribution in [0.15, 0.2) is 50.9 Å². The van der Waals surface area contributed by atoms with Crippen molar-refractivity contribution in [2.24, 2.45) is 15.9 Å². The quantitative estimate of drug-likeness (QED) is 0.684. The number of para-hydroxylation sites is 1. The number of rotatable bonds is 3. The number of thiocarbonyl (C=S) groups is 1. The van der Waals surface area contributed by atoms with Gasteiger partial charge in [-0.2, -0.15) is 4.99 Å². The van der Waals surface area contributed by atoms with Crippen LogP contribution >= 0.6 is 28.1 Å². The molecule has 5 nitrogen and oxygen atoms in total. The molecule has 0 saturated carbocycles. The highest BCUT2D eigenvalue weighted by molar-refractivity contribution is 9.10. The number of fused-ring (bicyclic) bond motifs is 2. The van der Waals surface area contributed by atoms with Gasteiger partial charge in [-0.1, -0.05) is 34.2 Å². The van der Waals surface area contributed by atoms with Crippen molar-refractivity contribution in [1.29, 1.82) is 0 Å². The molecule has 1 unspecified atom stereocenters. The van der Waals surface area contributed by atoms with E-state index in [4.69, 9.17) is 26.4 Å². The zero-order chi connectivity index (χ0) is 18.3. The molecule has 0 radical (unpaired) electrons. The van der Waals surface area contributed by atoms with E-state index in [1.165, 1.54) is 0 Å². The van der Waals surface area contributed by atoms with Crippen LogP contribution in [-0.4, -0.2) is 30.9 Å². The zero-order valence-corrected chi connectivity index (χ0v) is 16.6. The molecular formula is C19H15BrN2O3S. The van der Waals surface area contributed by atoms with Crippen molar-refractivity contribution in [2.75, 3.05) is 14.2 Å². The molecule has 0 saturated heterocycles. The molecule has 0 aliphatic carbocycles. The smallest absolute Gasteiger partial charge is 0.207 e. The van der Waals surface area contributed by atoms with Crippen LogP contribution in [0.4, 0.5) is 0 Å². The largest absolute Gasteiger partial charge is 0.493 e.